The number of halogens is 1. The van der Waals surface area contributed by atoms with E-state index in [0.29, 0.717) is 28.9 Å². The maximum absolute atomic E-state index is 12.5. The van der Waals surface area contributed by atoms with Crippen LogP contribution < -0.4 is 0 Å². The van der Waals surface area contributed by atoms with Gasteiger partial charge >= 0.3 is 0 Å². The lowest BCUT2D eigenvalue weighted by Gasteiger charge is -2.62. The average Bonchev–Trinajstić information content (AvgIpc) is 2.93. The summed E-state index contributed by atoms with van der Waals surface area (Å²) >= 11 is 3.39. The Morgan fingerprint density at radius 2 is 1.64 bits per heavy atom. The summed E-state index contributed by atoms with van der Waals surface area (Å²) in [5.74, 6) is 2.63. The molecule has 0 heterocycles. The standard InChI is InChI=1S/C21H33BrO3/c1-20-8-6-15-13(14(20)3-4-16(20)19(25)11-22)10-18(24)17-9-12(23)5-7-21(15,17)2/h12-18,23-24H,3-11H2,1-2H3. The normalized spacial score (nSPS) is 55.2. The molecule has 0 aromatic heterocycles. The van der Waals surface area contributed by atoms with Crippen molar-refractivity contribution in [3.05, 3.63) is 0 Å². The molecule has 4 heteroatoms. The topological polar surface area (TPSA) is 57.5 Å². The van der Waals surface area contributed by atoms with Crippen LogP contribution in [0.2, 0.25) is 0 Å². The number of Topliss-reactive ketones (excluding diaryl/α,β-unsaturated/α-hetero) is 1. The Morgan fingerprint density at radius 1 is 0.960 bits per heavy atom. The average molecular weight is 413 g/mol. The fourth-order valence-electron chi connectivity index (χ4n) is 7.90. The predicted octanol–water partition coefficient (Wildman–Crippen LogP) is 3.94. The first-order chi connectivity index (χ1) is 11.8. The van der Waals surface area contributed by atoms with E-state index >= 15 is 0 Å². The van der Waals surface area contributed by atoms with Gasteiger partial charge in [-0.25, -0.2) is 0 Å². The summed E-state index contributed by atoms with van der Waals surface area (Å²) in [6, 6.07) is 0. The van der Waals surface area contributed by atoms with Gasteiger partial charge in [-0.1, -0.05) is 29.8 Å². The molecule has 4 saturated carbocycles. The van der Waals surface area contributed by atoms with Crippen LogP contribution in [0.25, 0.3) is 0 Å². The van der Waals surface area contributed by atoms with Gasteiger partial charge in [-0.3, -0.25) is 4.79 Å². The molecule has 9 atom stereocenters. The highest BCUT2D eigenvalue weighted by Crippen LogP contribution is 2.67. The summed E-state index contributed by atoms with van der Waals surface area (Å²) < 4.78 is 0. The van der Waals surface area contributed by atoms with Gasteiger partial charge in [0.15, 0.2) is 0 Å². The van der Waals surface area contributed by atoms with Crippen molar-refractivity contribution in [2.24, 2.45) is 40.4 Å². The van der Waals surface area contributed by atoms with Crippen LogP contribution in [0.4, 0.5) is 0 Å². The van der Waals surface area contributed by atoms with Gasteiger partial charge in [-0.15, -0.1) is 0 Å². The molecule has 0 spiro atoms. The van der Waals surface area contributed by atoms with Crippen molar-refractivity contribution < 1.29 is 15.0 Å². The van der Waals surface area contributed by atoms with Gasteiger partial charge in [0.1, 0.15) is 5.78 Å². The fourth-order valence-corrected chi connectivity index (χ4v) is 8.29. The Hall–Kier alpha value is 0.0700. The number of aliphatic hydroxyl groups excluding tert-OH is 2. The zero-order valence-corrected chi connectivity index (χ0v) is 17.2. The quantitative estimate of drug-likeness (QED) is 0.675. The molecule has 0 aromatic carbocycles. The molecule has 0 aromatic rings. The maximum Gasteiger partial charge on any atom is 0.147 e. The van der Waals surface area contributed by atoms with Crippen molar-refractivity contribution >= 4 is 21.7 Å². The van der Waals surface area contributed by atoms with Gasteiger partial charge < -0.3 is 10.2 Å². The molecule has 4 aliphatic rings. The largest absolute Gasteiger partial charge is 0.393 e. The number of hydrogen-bond donors (Lipinski definition) is 2. The van der Waals surface area contributed by atoms with E-state index in [4.69, 9.17) is 0 Å². The minimum absolute atomic E-state index is 0.128. The molecule has 2 N–H and O–H groups in total. The van der Waals surface area contributed by atoms with E-state index in [1.165, 1.54) is 6.42 Å². The van der Waals surface area contributed by atoms with Gasteiger partial charge in [-0.05, 0) is 85.9 Å². The molecular formula is C21H33BrO3. The van der Waals surface area contributed by atoms with Crippen LogP contribution >= 0.6 is 15.9 Å². The Balaban J connectivity index is 1.63. The molecule has 0 bridgehead atoms. The Morgan fingerprint density at radius 3 is 2.36 bits per heavy atom. The molecule has 3 nitrogen and oxygen atoms in total. The van der Waals surface area contributed by atoms with Crippen molar-refractivity contribution in [1.29, 1.82) is 0 Å². The summed E-state index contributed by atoms with van der Waals surface area (Å²) in [5.41, 5.74) is 0.295. The maximum atomic E-state index is 12.5. The van der Waals surface area contributed by atoms with Crippen molar-refractivity contribution in [2.45, 2.75) is 77.4 Å². The Bertz CT molecular complexity index is 551. The molecule has 142 valence electrons. The third-order valence-electron chi connectivity index (χ3n) is 9.17. The molecule has 25 heavy (non-hydrogen) atoms. The second-order valence-corrected chi connectivity index (χ2v) is 10.6. The third kappa shape index (κ3) is 2.61. The van der Waals surface area contributed by atoms with Gasteiger partial charge in [0, 0.05) is 5.92 Å². The number of alkyl halides is 1. The van der Waals surface area contributed by atoms with Crippen molar-refractivity contribution in [3.8, 4) is 0 Å². The summed E-state index contributed by atoms with van der Waals surface area (Å²) in [4.78, 5) is 12.5. The lowest BCUT2D eigenvalue weighted by atomic mass is 9.44. The first-order valence-electron chi connectivity index (χ1n) is 10.3. The summed E-state index contributed by atoms with van der Waals surface area (Å²) in [7, 11) is 0. The number of ketones is 1. The number of hydrogen-bond acceptors (Lipinski definition) is 3. The highest BCUT2D eigenvalue weighted by molar-refractivity contribution is 9.09. The van der Waals surface area contributed by atoms with Crippen molar-refractivity contribution in [2.75, 3.05) is 5.33 Å². The minimum Gasteiger partial charge on any atom is -0.393 e. The second-order valence-electron chi connectivity index (χ2n) is 9.99. The monoisotopic (exact) mass is 412 g/mol. The molecule has 0 saturated heterocycles. The number of rotatable bonds is 2. The van der Waals surface area contributed by atoms with Crippen LogP contribution in [-0.2, 0) is 4.79 Å². The zero-order chi connectivity index (χ0) is 18.0. The SMILES string of the molecule is CC12CCC3C(CC(O)C4CC(O)CCC43C)C1CCC2C(=O)CBr. The lowest BCUT2D eigenvalue weighted by Crippen LogP contribution is -2.58. The minimum atomic E-state index is -0.283. The van der Waals surface area contributed by atoms with Crippen LogP contribution in [0, 0.1) is 40.4 Å². The molecule has 0 amide bonds. The smallest absolute Gasteiger partial charge is 0.147 e. The third-order valence-corrected chi connectivity index (χ3v) is 9.72. The van der Waals surface area contributed by atoms with Crippen LogP contribution in [0.5, 0.6) is 0 Å². The number of fused-ring (bicyclic) bond motifs is 5. The Kier molecular flexibility index (Phi) is 4.65. The van der Waals surface area contributed by atoms with Gasteiger partial charge in [-0.2, -0.15) is 0 Å². The van der Waals surface area contributed by atoms with Gasteiger partial charge in [0.05, 0.1) is 17.5 Å². The van der Waals surface area contributed by atoms with Crippen molar-refractivity contribution in [3.63, 3.8) is 0 Å². The second kappa shape index (κ2) is 6.31. The molecule has 9 unspecified atom stereocenters. The first kappa shape index (κ1) is 18.4. The molecule has 0 aliphatic heterocycles. The van der Waals surface area contributed by atoms with E-state index in [1.54, 1.807) is 0 Å². The van der Waals surface area contributed by atoms with E-state index in [2.05, 4.69) is 29.8 Å². The molecule has 4 fully saturated rings. The van der Waals surface area contributed by atoms with Crippen LogP contribution in [0.3, 0.4) is 0 Å². The van der Waals surface area contributed by atoms with E-state index in [1.807, 2.05) is 0 Å². The van der Waals surface area contributed by atoms with Crippen LogP contribution in [-0.4, -0.2) is 33.5 Å². The van der Waals surface area contributed by atoms with E-state index in [9.17, 15) is 15.0 Å². The number of carbonyl (C=O) groups is 1. The summed E-state index contributed by atoms with van der Waals surface area (Å²) in [5, 5.41) is 21.6. The molecule has 4 aliphatic carbocycles. The highest BCUT2D eigenvalue weighted by Gasteiger charge is 2.62. The van der Waals surface area contributed by atoms with E-state index in [0.717, 1.165) is 44.9 Å². The van der Waals surface area contributed by atoms with E-state index in [-0.39, 0.29) is 34.9 Å². The number of aliphatic hydroxyl groups is 2. The highest BCUT2D eigenvalue weighted by atomic mass is 79.9. The number of carbonyl (C=O) groups excluding carboxylic acids is 1. The van der Waals surface area contributed by atoms with Crippen LogP contribution in [0.15, 0.2) is 0 Å². The van der Waals surface area contributed by atoms with E-state index < -0.39 is 0 Å². The van der Waals surface area contributed by atoms with Gasteiger partial charge in [0.2, 0.25) is 0 Å². The van der Waals surface area contributed by atoms with Crippen LogP contribution in [0.1, 0.15) is 65.2 Å². The van der Waals surface area contributed by atoms with Gasteiger partial charge in [0.25, 0.3) is 0 Å². The Labute approximate surface area is 160 Å². The molecule has 4 rings (SSSR count). The molecular weight excluding hydrogens is 380 g/mol. The summed E-state index contributed by atoms with van der Waals surface area (Å²) in [6.07, 6.45) is 7.60. The first-order valence-corrected chi connectivity index (χ1v) is 11.4. The van der Waals surface area contributed by atoms with Crippen molar-refractivity contribution in [1.82, 2.24) is 0 Å². The molecule has 0 radical (unpaired) electrons. The zero-order valence-electron chi connectivity index (χ0n) is 15.6. The fraction of sp³-hybridized carbons (Fsp3) is 0.952. The summed E-state index contributed by atoms with van der Waals surface area (Å²) in [6.45, 7) is 4.75. The lowest BCUT2D eigenvalue weighted by molar-refractivity contribution is -0.171. The predicted molar refractivity (Wildman–Crippen MR) is 101 cm³/mol.